The number of nitrogens with one attached hydrogen (secondary N) is 1. The van der Waals surface area contributed by atoms with Crippen molar-refractivity contribution in [3.05, 3.63) is 57.5 Å². The highest BCUT2D eigenvalue weighted by atomic mass is 79.9. The lowest BCUT2D eigenvalue weighted by Crippen LogP contribution is -2.14. The molecule has 2 aromatic rings. The molecule has 2 rings (SSSR count). The van der Waals surface area contributed by atoms with Crippen LogP contribution in [0.3, 0.4) is 0 Å². The summed E-state index contributed by atoms with van der Waals surface area (Å²) in [6.07, 6.45) is 0. The molecule has 0 aliphatic heterocycles. The Morgan fingerprint density at radius 3 is 2.57 bits per heavy atom. The molecular formula is C14H14BrClN2O2S. The van der Waals surface area contributed by atoms with E-state index in [-0.39, 0.29) is 10.9 Å². The highest BCUT2D eigenvalue weighted by molar-refractivity contribution is 9.10. The number of halogens is 2. The van der Waals surface area contributed by atoms with Gasteiger partial charge in [0.15, 0.2) is 0 Å². The fourth-order valence-corrected chi connectivity index (χ4v) is 3.79. The number of hydrogen-bond acceptors (Lipinski definition) is 3. The van der Waals surface area contributed by atoms with Gasteiger partial charge in [-0.3, -0.25) is 4.72 Å². The normalized spacial score (nSPS) is 13.0. The molecule has 4 nitrogen and oxygen atoms in total. The minimum Gasteiger partial charge on any atom is -0.324 e. The number of benzene rings is 2. The lowest BCUT2D eigenvalue weighted by molar-refractivity contribution is 0.601. The molecule has 21 heavy (non-hydrogen) atoms. The van der Waals surface area contributed by atoms with Gasteiger partial charge >= 0.3 is 0 Å². The van der Waals surface area contributed by atoms with Crippen LogP contribution >= 0.6 is 27.5 Å². The van der Waals surface area contributed by atoms with Crippen molar-refractivity contribution >= 4 is 43.2 Å². The number of hydrogen-bond donors (Lipinski definition) is 2. The van der Waals surface area contributed by atoms with Crippen molar-refractivity contribution in [2.24, 2.45) is 5.73 Å². The predicted molar refractivity (Wildman–Crippen MR) is 89.0 cm³/mol. The smallest absolute Gasteiger partial charge is 0.261 e. The van der Waals surface area contributed by atoms with Gasteiger partial charge in [-0.05, 0) is 58.7 Å². The lowest BCUT2D eigenvalue weighted by atomic mass is 10.1. The molecule has 0 saturated heterocycles. The lowest BCUT2D eigenvalue weighted by Gasteiger charge is -2.12. The predicted octanol–water partition coefficient (Wildman–Crippen LogP) is 3.92. The number of nitrogens with two attached hydrogens (primary N) is 1. The van der Waals surface area contributed by atoms with E-state index in [4.69, 9.17) is 17.3 Å². The molecule has 0 aliphatic carbocycles. The Kier molecular flexibility index (Phi) is 4.93. The van der Waals surface area contributed by atoms with E-state index in [2.05, 4.69) is 20.7 Å². The van der Waals surface area contributed by atoms with Gasteiger partial charge in [-0.25, -0.2) is 8.42 Å². The molecule has 7 heteroatoms. The Hall–Kier alpha value is -1.08. The van der Waals surface area contributed by atoms with E-state index >= 15 is 0 Å². The van der Waals surface area contributed by atoms with E-state index in [1.807, 2.05) is 0 Å². The highest BCUT2D eigenvalue weighted by Crippen LogP contribution is 2.28. The highest BCUT2D eigenvalue weighted by Gasteiger charge is 2.16. The zero-order valence-corrected chi connectivity index (χ0v) is 14.3. The zero-order chi connectivity index (χ0) is 15.6. The van der Waals surface area contributed by atoms with Gasteiger partial charge in [-0.2, -0.15) is 0 Å². The van der Waals surface area contributed by atoms with Crippen LogP contribution in [-0.2, 0) is 10.0 Å². The van der Waals surface area contributed by atoms with Crippen LogP contribution in [0.15, 0.2) is 51.8 Å². The fourth-order valence-electron chi connectivity index (χ4n) is 1.74. The molecule has 3 N–H and O–H groups in total. The van der Waals surface area contributed by atoms with E-state index in [0.717, 1.165) is 5.56 Å². The number of rotatable bonds is 4. The summed E-state index contributed by atoms with van der Waals surface area (Å²) in [7, 11) is -3.68. The van der Waals surface area contributed by atoms with Crippen molar-refractivity contribution in [1.29, 1.82) is 0 Å². The molecule has 0 saturated carbocycles. The molecule has 0 amide bonds. The molecule has 0 aliphatic rings. The van der Waals surface area contributed by atoms with E-state index in [1.165, 1.54) is 6.07 Å². The summed E-state index contributed by atoms with van der Waals surface area (Å²) in [5.74, 6) is 0. The van der Waals surface area contributed by atoms with Crippen molar-refractivity contribution in [2.75, 3.05) is 4.72 Å². The molecule has 0 fully saturated rings. The second kappa shape index (κ2) is 6.36. The molecule has 0 spiro atoms. The first-order valence-corrected chi connectivity index (χ1v) is 8.78. The summed E-state index contributed by atoms with van der Waals surface area (Å²) in [4.78, 5) is 0.166. The minimum absolute atomic E-state index is 0.166. The maximum atomic E-state index is 12.4. The maximum Gasteiger partial charge on any atom is 0.261 e. The summed E-state index contributed by atoms with van der Waals surface area (Å²) >= 11 is 9.12. The van der Waals surface area contributed by atoms with Crippen LogP contribution in [0.4, 0.5) is 5.69 Å². The Morgan fingerprint density at radius 1 is 1.24 bits per heavy atom. The Bertz CT molecular complexity index is 763. The summed E-state index contributed by atoms with van der Waals surface area (Å²) < 4.78 is 27.9. The van der Waals surface area contributed by atoms with Crippen LogP contribution in [0.1, 0.15) is 18.5 Å². The molecule has 0 radical (unpaired) electrons. The molecule has 1 unspecified atom stereocenters. The van der Waals surface area contributed by atoms with Gasteiger partial charge in [-0.1, -0.05) is 23.7 Å². The van der Waals surface area contributed by atoms with Gasteiger partial charge in [0.25, 0.3) is 10.0 Å². The molecule has 1 atom stereocenters. The largest absolute Gasteiger partial charge is 0.324 e. The van der Waals surface area contributed by atoms with Gasteiger partial charge in [-0.15, -0.1) is 0 Å². The standard InChI is InChI=1S/C14H14BrClN2O2S/c1-9(17)10-3-2-4-12(7-10)21(19,20)18-14-6-5-11(16)8-13(14)15/h2-9,18H,17H2,1H3. The third kappa shape index (κ3) is 3.97. The minimum atomic E-state index is -3.68. The van der Waals surface area contributed by atoms with Gasteiger partial charge in [0.2, 0.25) is 0 Å². The average Bonchev–Trinajstić information content (AvgIpc) is 2.42. The van der Waals surface area contributed by atoms with Crippen molar-refractivity contribution in [2.45, 2.75) is 17.9 Å². The summed E-state index contributed by atoms with van der Waals surface area (Å²) in [6.45, 7) is 1.80. The van der Waals surface area contributed by atoms with Crippen molar-refractivity contribution in [3.63, 3.8) is 0 Å². The van der Waals surface area contributed by atoms with E-state index < -0.39 is 10.0 Å². The summed E-state index contributed by atoms with van der Waals surface area (Å²) in [5, 5.41) is 0.517. The van der Waals surface area contributed by atoms with Crippen LogP contribution in [0.5, 0.6) is 0 Å². The average molecular weight is 390 g/mol. The molecule has 2 aromatic carbocycles. The number of anilines is 1. The van der Waals surface area contributed by atoms with E-state index in [9.17, 15) is 8.42 Å². The first-order valence-electron chi connectivity index (χ1n) is 6.13. The third-order valence-corrected chi connectivity index (χ3v) is 5.12. The number of sulfonamides is 1. The van der Waals surface area contributed by atoms with Gasteiger partial charge in [0, 0.05) is 15.5 Å². The van der Waals surface area contributed by atoms with Crippen molar-refractivity contribution in [3.8, 4) is 0 Å². The SMILES string of the molecule is CC(N)c1cccc(S(=O)(=O)Nc2ccc(Cl)cc2Br)c1. The van der Waals surface area contributed by atoms with Crippen LogP contribution in [0.2, 0.25) is 5.02 Å². The third-order valence-electron chi connectivity index (χ3n) is 2.87. The summed E-state index contributed by atoms with van der Waals surface area (Å²) in [6, 6.07) is 11.2. The van der Waals surface area contributed by atoms with Crippen molar-refractivity contribution in [1.82, 2.24) is 0 Å². The maximum absolute atomic E-state index is 12.4. The van der Waals surface area contributed by atoms with Gasteiger partial charge in [0.05, 0.1) is 10.6 Å². The first-order chi connectivity index (χ1) is 9.79. The second-order valence-corrected chi connectivity index (χ2v) is 7.56. The molecule has 112 valence electrons. The first kappa shape index (κ1) is 16.3. The molecule has 0 aromatic heterocycles. The Labute approximate surface area is 137 Å². The van der Waals surface area contributed by atoms with Crippen molar-refractivity contribution < 1.29 is 8.42 Å². The second-order valence-electron chi connectivity index (χ2n) is 4.59. The molecule has 0 heterocycles. The van der Waals surface area contributed by atoms with Crippen LogP contribution in [-0.4, -0.2) is 8.42 Å². The molecule has 0 bridgehead atoms. The molecular weight excluding hydrogens is 376 g/mol. The van der Waals surface area contributed by atoms with Crippen LogP contribution in [0.25, 0.3) is 0 Å². The van der Waals surface area contributed by atoms with Crippen LogP contribution in [0, 0.1) is 0 Å². The van der Waals surface area contributed by atoms with Crippen LogP contribution < -0.4 is 10.5 Å². The summed E-state index contributed by atoms with van der Waals surface area (Å²) in [5.41, 5.74) is 6.96. The Balaban J connectivity index is 2.36. The van der Waals surface area contributed by atoms with Gasteiger partial charge in [0.1, 0.15) is 0 Å². The quantitative estimate of drug-likeness (QED) is 0.832. The fraction of sp³-hybridized carbons (Fsp3) is 0.143. The van der Waals surface area contributed by atoms with Gasteiger partial charge < -0.3 is 5.73 Å². The zero-order valence-electron chi connectivity index (χ0n) is 11.2. The monoisotopic (exact) mass is 388 g/mol. The van der Waals surface area contributed by atoms with E-state index in [0.29, 0.717) is 15.2 Å². The topological polar surface area (TPSA) is 72.2 Å². The van der Waals surface area contributed by atoms with E-state index in [1.54, 1.807) is 43.3 Å². The Morgan fingerprint density at radius 2 is 1.95 bits per heavy atom.